The number of alkyl halides is 1. The zero-order valence-corrected chi connectivity index (χ0v) is 14.3. The number of anilines is 1. The van der Waals surface area contributed by atoms with Gasteiger partial charge in [-0.25, -0.2) is 4.79 Å². The Morgan fingerprint density at radius 3 is 2.56 bits per heavy atom. The van der Waals surface area contributed by atoms with Crippen LogP contribution < -0.4 is 10.6 Å². The van der Waals surface area contributed by atoms with Crippen molar-refractivity contribution in [2.45, 2.75) is 12.3 Å². The van der Waals surface area contributed by atoms with Crippen molar-refractivity contribution in [1.29, 1.82) is 0 Å². The summed E-state index contributed by atoms with van der Waals surface area (Å²) in [5.41, 5.74) is 4.37. The molecule has 0 saturated carbocycles. The molecular weight excluding hydrogens is 344 g/mol. The zero-order valence-electron chi connectivity index (χ0n) is 13.5. The highest BCUT2D eigenvalue weighted by atomic mass is 35.5. The lowest BCUT2D eigenvalue weighted by Gasteiger charge is -2.12. The molecule has 2 N–H and O–H groups in total. The van der Waals surface area contributed by atoms with Gasteiger partial charge in [0.05, 0.1) is 17.5 Å². The molecule has 1 aliphatic rings. The van der Waals surface area contributed by atoms with Crippen LogP contribution in [0.2, 0.25) is 0 Å². The predicted octanol–water partition coefficient (Wildman–Crippen LogP) is 2.18. The van der Waals surface area contributed by atoms with Gasteiger partial charge in [-0.3, -0.25) is 9.59 Å². The van der Waals surface area contributed by atoms with E-state index in [1.54, 1.807) is 25.2 Å². The van der Waals surface area contributed by atoms with Gasteiger partial charge >= 0.3 is 17.8 Å². The number of carbonyl (C=O) groups is 3. The molecule has 0 aliphatic heterocycles. The van der Waals surface area contributed by atoms with Crippen LogP contribution in [0.3, 0.4) is 0 Å². The van der Waals surface area contributed by atoms with E-state index in [2.05, 4.69) is 16.4 Å². The summed E-state index contributed by atoms with van der Waals surface area (Å²) in [6.45, 7) is 2.16. The Hall–Kier alpha value is -2.82. The smallest absolute Gasteiger partial charge is 0.338 e. The quantitative estimate of drug-likeness (QED) is 0.365. The molecule has 130 valence electrons. The molecule has 0 radical (unpaired) electrons. The first-order valence-electron chi connectivity index (χ1n) is 7.63. The minimum Gasteiger partial charge on any atom is -0.462 e. The summed E-state index contributed by atoms with van der Waals surface area (Å²) < 4.78 is 4.87. The number of halogens is 1. The maximum Gasteiger partial charge on any atom is 0.338 e. The molecule has 0 heterocycles. The van der Waals surface area contributed by atoms with Gasteiger partial charge in [-0.2, -0.15) is 0 Å². The number of carbonyl (C=O) groups excluding carboxylic acids is 3. The van der Waals surface area contributed by atoms with Gasteiger partial charge in [0.2, 0.25) is 0 Å². The first-order valence-corrected chi connectivity index (χ1v) is 8.07. The fourth-order valence-electron chi connectivity index (χ4n) is 2.01. The Morgan fingerprint density at radius 2 is 1.92 bits per heavy atom. The molecule has 0 aromatic heterocycles. The first kappa shape index (κ1) is 18.5. The van der Waals surface area contributed by atoms with Crippen molar-refractivity contribution in [2.75, 3.05) is 18.5 Å². The van der Waals surface area contributed by atoms with Crippen molar-refractivity contribution in [3.05, 3.63) is 59.4 Å². The van der Waals surface area contributed by atoms with Crippen molar-refractivity contribution in [3.8, 4) is 0 Å². The lowest BCUT2D eigenvalue weighted by Crippen LogP contribution is -2.37. The first-order chi connectivity index (χ1) is 12.0. The Balaban J connectivity index is 1.86. The second-order valence-electron chi connectivity index (χ2n) is 5.08. The minimum absolute atomic E-state index is 0.164. The predicted molar refractivity (Wildman–Crippen MR) is 94.4 cm³/mol. The third kappa shape index (κ3) is 5.35. The molecule has 1 aliphatic carbocycles. The van der Waals surface area contributed by atoms with Crippen LogP contribution >= 0.6 is 11.6 Å². The summed E-state index contributed by atoms with van der Waals surface area (Å²) in [4.78, 5) is 35.3. The maximum atomic E-state index is 11.9. The van der Waals surface area contributed by atoms with Crippen molar-refractivity contribution in [2.24, 2.45) is 0 Å². The second-order valence-corrected chi connectivity index (χ2v) is 5.55. The number of rotatable bonds is 5. The average Bonchev–Trinajstić information content (AvgIpc) is 2.61. The van der Waals surface area contributed by atoms with Crippen LogP contribution in [0.1, 0.15) is 17.3 Å². The molecule has 1 atom stereocenters. The van der Waals surface area contributed by atoms with Crippen LogP contribution in [-0.4, -0.2) is 36.3 Å². The van der Waals surface area contributed by atoms with E-state index in [0.717, 1.165) is 5.57 Å². The number of hydrogen-bond acceptors (Lipinski definition) is 4. The van der Waals surface area contributed by atoms with E-state index < -0.39 is 17.8 Å². The van der Waals surface area contributed by atoms with Crippen LogP contribution in [0.25, 0.3) is 0 Å². The SMILES string of the molecule is CCOC(=O)c1ccc(NC(=O)C(=O)NCC2=CC=C=CC2Cl)cc1. The number of nitrogens with one attached hydrogen (secondary N) is 2. The van der Waals surface area contributed by atoms with Crippen LogP contribution in [-0.2, 0) is 14.3 Å². The van der Waals surface area contributed by atoms with E-state index in [-0.39, 0.29) is 18.5 Å². The van der Waals surface area contributed by atoms with Gasteiger partial charge in [0.25, 0.3) is 0 Å². The number of esters is 1. The highest BCUT2D eigenvalue weighted by Crippen LogP contribution is 2.14. The van der Waals surface area contributed by atoms with E-state index in [1.807, 2.05) is 0 Å². The second kappa shape index (κ2) is 8.87. The van der Waals surface area contributed by atoms with E-state index in [1.165, 1.54) is 24.3 Å². The summed E-state index contributed by atoms with van der Waals surface area (Å²) in [7, 11) is 0. The highest BCUT2D eigenvalue weighted by Gasteiger charge is 2.16. The van der Waals surface area contributed by atoms with E-state index in [9.17, 15) is 14.4 Å². The molecule has 0 bridgehead atoms. The van der Waals surface area contributed by atoms with Gasteiger partial charge < -0.3 is 15.4 Å². The van der Waals surface area contributed by atoms with E-state index in [4.69, 9.17) is 16.3 Å². The molecule has 6 nitrogen and oxygen atoms in total. The molecule has 25 heavy (non-hydrogen) atoms. The van der Waals surface area contributed by atoms with Crippen molar-refractivity contribution < 1.29 is 19.1 Å². The largest absolute Gasteiger partial charge is 0.462 e. The van der Waals surface area contributed by atoms with Crippen LogP contribution in [0.5, 0.6) is 0 Å². The molecule has 1 aromatic rings. The molecule has 7 heteroatoms. The molecule has 2 amide bonds. The number of hydrogen-bond donors (Lipinski definition) is 2. The molecule has 0 saturated heterocycles. The van der Waals surface area contributed by atoms with Crippen LogP contribution in [0.4, 0.5) is 5.69 Å². The number of ether oxygens (including phenoxy) is 1. The Kier molecular flexibility index (Phi) is 6.57. The highest BCUT2D eigenvalue weighted by molar-refractivity contribution is 6.39. The van der Waals surface area contributed by atoms with Crippen molar-refractivity contribution in [3.63, 3.8) is 0 Å². The van der Waals surface area contributed by atoms with Gasteiger partial charge in [-0.15, -0.1) is 17.3 Å². The Bertz CT molecular complexity index is 762. The standard InChI is InChI=1S/C18H17ClN2O4/c1-2-25-18(24)12-7-9-14(10-8-12)21-17(23)16(22)20-11-13-5-3-4-6-15(13)19/h3,5-10,15H,2,11H2,1H3,(H,20,22)(H,21,23). The summed E-state index contributed by atoms with van der Waals surface area (Å²) >= 11 is 6.04. The summed E-state index contributed by atoms with van der Waals surface area (Å²) in [5.74, 6) is -2.03. The Labute approximate surface area is 150 Å². The van der Waals surface area contributed by atoms with Gasteiger partial charge in [0.1, 0.15) is 0 Å². The molecular formula is C18H17ClN2O4. The molecule has 1 unspecified atom stereocenters. The van der Waals surface area contributed by atoms with Crippen LogP contribution in [0.15, 0.2) is 53.8 Å². The van der Waals surface area contributed by atoms with Crippen molar-refractivity contribution >= 4 is 35.1 Å². The lowest BCUT2D eigenvalue weighted by atomic mass is 10.1. The third-order valence-electron chi connectivity index (χ3n) is 3.30. The molecule has 1 aromatic carbocycles. The molecule has 0 spiro atoms. The van der Waals surface area contributed by atoms with Gasteiger partial charge in [-0.1, -0.05) is 6.08 Å². The van der Waals surface area contributed by atoms with Gasteiger partial charge in [0, 0.05) is 12.2 Å². The van der Waals surface area contributed by atoms with Gasteiger partial charge in [-0.05, 0) is 48.9 Å². The van der Waals surface area contributed by atoms with Gasteiger partial charge in [0.15, 0.2) is 0 Å². The molecule has 2 rings (SSSR count). The lowest BCUT2D eigenvalue weighted by molar-refractivity contribution is -0.136. The van der Waals surface area contributed by atoms with Crippen molar-refractivity contribution in [1.82, 2.24) is 5.32 Å². The fourth-order valence-corrected chi connectivity index (χ4v) is 2.23. The summed E-state index contributed by atoms with van der Waals surface area (Å²) in [5, 5.41) is 4.60. The zero-order chi connectivity index (χ0) is 18.2. The monoisotopic (exact) mass is 360 g/mol. The number of allylic oxidation sites excluding steroid dienone is 2. The third-order valence-corrected chi connectivity index (χ3v) is 3.71. The Morgan fingerprint density at radius 1 is 1.20 bits per heavy atom. The fraction of sp³-hybridized carbons (Fsp3) is 0.222. The van der Waals surface area contributed by atoms with E-state index >= 15 is 0 Å². The average molecular weight is 361 g/mol. The number of amides is 2. The summed E-state index contributed by atoms with van der Waals surface area (Å²) in [6, 6.07) is 6.06. The maximum absolute atomic E-state index is 11.9. The van der Waals surface area contributed by atoms with Crippen LogP contribution in [0, 0.1) is 0 Å². The molecule has 0 fully saturated rings. The summed E-state index contributed by atoms with van der Waals surface area (Å²) in [6.07, 6.45) is 5.09. The topological polar surface area (TPSA) is 84.5 Å². The minimum atomic E-state index is -0.808. The number of benzene rings is 1. The van der Waals surface area contributed by atoms with E-state index in [0.29, 0.717) is 11.3 Å². The normalized spacial score (nSPS) is 15.3.